The number of carbonyl (C=O) groups is 1. The van der Waals surface area contributed by atoms with E-state index in [0.29, 0.717) is 17.1 Å². The summed E-state index contributed by atoms with van der Waals surface area (Å²) in [7, 11) is 0. The predicted molar refractivity (Wildman–Crippen MR) is 105 cm³/mol. The van der Waals surface area contributed by atoms with Gasteiger partial charge in [-0.05, 0) is 24.6 Å². The number of rotatable bonds is 5. The summed E-state index contributed by atoms with van der Waals surface area (Å²) in [4.78, 5) is 27.4. The highest BCUT2D eigenvalue weighted by Crippen LogP contribution is 2.32. The Morgan fingerprint density at radius 1 is 1.29 bits per heavy atom. The number of carbonyl (C=O) groups excluding carboxylic acids is 1. The van der Waals surface area contributed by atoms with Crippen LogP contribution in [0.15, 0.2) is 40.9 Å². The van der Waals surface area contributed by atoms with E-state index >= 15 is 0 Å². The van der Waals surface area contributed by atoms with Gasteiger partial charge in [0.15, 0.2) is 5.82 Å². The summed E-state index contributed by atoms with van der Waals surface area (Å²) >= 11 is 6.06. The fourth-order valence-electron chi connectivity index (χ4n) is 2.57. The number of hydrogen-bond donors (Lipinski definition) is 1. The number of non-ortho nitro benzene ring substituents is 1. The normalized spacial score (nSPS) is 10.9. The number of nitrogens with zero attached hydrogens (tertiary/aromatic N) is 3. The van der Waals surface area contributed by atoms with Crippen LogP contribution in [0.2, 0.25) is 5.02 Å². The van der Waals surface area contributed by atoms with Gasteiger partial charge in [-0.3, -0.25) is 14.9 Å². The van der Waals surface area contributed by atoms with Crippen LogP contribution >= 0.6 is 11.6 Å². The first-order valence-electron chi connectivity index (χ1n) is 8.46. The van der Waals surface area contributed by atoms with Crippen LogP contribution in [0.25, 0.3) is 11.5 Å². The molecule has 0 saturated carbocycles. The van der Waals surface area contributed by atoms with Crippen molar-refractivity contribution in [1.29, 1.82) is 0 Å². The minimum absolute atomic E-state index is 0.0123. The van der Waals surface area contributed by atoms with Gasteiger partial charge in [-0.15, -0.1) is 0 Å². The van der Waals surface area contributed by atoms with E-state index in [2.05, 4.69) is 15.5 Å². The molecule has 0 aliphatic rings. The Bertz CT molecular complexity index is 1060. The highest BCUT2D eigenvalue weighted by atomic mass is 35.5. The molecule has 0 spiro atoms. The smallest absolute Gasteiger partial charge is 0.270 e. The molecule has 0 saturated heterocycles. The Balaban J connectivity index is 1.96. The highest BCUT2D eigenvalue weighted by Gasteiger charge is 2.20. The predicted octanol–water partition coefficient (Wildman–Crippen LogP) is 4.98. The van der Waals surface area contributed by atoms with Crippen LogP contribution in [0.3, 0.4) is 0 Å². The van der Waals surface area contributed by atoms with Crippen LogP contribution in [0.4, 0.5) is 11.4 Å². The van der Waals surface area contributed by atoms with Crippen LogP contribution in [0.5, 0.6) is 0 Å². The standard InChI is InChI=1S/C19H17ClN4O4/c1-10(2)17-22-19(28-23-17)14-6-4-5-11(3)16(14)21-18(25)13-8-7-12(24(26)27)9-15(13)20/h4-10H,1-3H3,(H,21,25). The molecule has 0 aliphatic heterocycles. The van der Waals surface area contributed by atoms with Crippen LogP contribution in [0, 0.1) is 17.0 Å². The van der Waals surface area contributed by atoms with Crippen molar-refractivity contribution in [3.05, 3.63) is 68.5 Å². The minimum Gasteiger partial charge on any atom is -0.334 e. The van der Waals surface area contributed by atoms with Gasteiger partial charge in [0.1, 0.15) is 0 Å². The molecule has 1 aromatic heterocycles. The summed E-state index contributed by atoms with van der Waals surface area (Å²) in [6.07, 6.45) is 0. The minimum atomic E-state index is -0.575. The summed E-state index contributed by atoms with van der Waals surface area (Å²) in [5.74, 6) is 0.447. The van der Waals surface area contributed by atoms with Crippen LogP contribution in [-0.4, -0.2) is 21.0 Å². The number of aromatic nitrogens is 2. The Morgan fingerprint density at radius 2 is 2.04 bits per heavy atom. The van der Waals surface area contributed by atoms with Crippen molar-refractivity contribution in [2.45, 2.75) is 26.7 Å². The van der Waals surface area contributed by atoms with Crippen molar-refractivity contribution in [3.63, 3.8) is 0 Å². The summed E-state index contributed by atoms with van der Waals surface area (Å²) < 4.78 is 5.35. The molecule has 1 heterocycles. The van der Waals surface area contributed by atoms with Crippen molar-refractivity contribution in [3.8, 4) is 11.5 Å². The third kappa shape index (κ3) is 3.86. The molecule has 0 aliphatic carbocycles. The first-order valence-corrected chi connectivity index (χ1v) is 8.84. The molecule has 1 amide bonds. The van der Waals surface area contributed by atoms with Crippen molar-refractivity contribution in [1.82, 2.24) is 10.1 Å². The van der Waals surface area contributed by atoms with Gasteiger partial charge in [0.25, 0.3) is 17.5 Å². The summed E-state index contributed by atoms with van der Waals surface area (Å²) in [5, 5.41) is 17.6. The third-order valence-corrected chi connectivity index (χ3v) is 4.42. The number of benzene rings is 2. The maximum absolute atomic E-state index is 12.7. The molecule has 0 atom stereocenters. The van der Waals surface area contributed by atoms with Crippen LogP contribution < -0.4 is 5.32 Å². The Morgan fingerprint density at radius 3 is 2.64 bits per heavy atom. The zero-order chi connectivity index (χ0) is 20.4. The van der Waals surface area contributed by atoms with Gasteiger partial charge in [0.05, 0.1) is 26.8 Å². The van der Waals surface area contributed by atoms with E-state index in [0.717, 1.165) is 11.6 Å². The fourth-order valence-corrected chi connectivity index (χ4v) is 2.83. The second kappa shape index (κ2) is 7.77. The first kappa shape index (κ1) is 19.5. The molecular formula is C19H17ClN4O4. The van der Waals surface area contributed by atoms with Gasteiger partial charge in [-0.1, -0.05) is 42.7 Å². The van der Waals surface area contributed by atoms with E-state index in [4.69, 9.17) is 16.1 Å². The summed E-state index contributed by atoms with van der Waals surface area (Å²) in [6.45, 7) is 5.73. The van der Waals surface area contributed by atoms with E-state index < -0.39 is 10.8 Å². The lowest BCUT2D eigenvalue weighted by molar-refractivity contribution is -0.384. The Kier molecular flexibility index (Phi) is 5.41. The summed E-state index contributed by atoms with van der Waals surface area (Å²) in [6, 6.07) is 9.10. The zero-order valence-electron chi connectivity index (χ0n) is 15.4. The fraction of sp³-hybridized carbons (Fsp3) is 0.211. The number of hydrogen-bond acceptors (Lipinski definition) is 6. The topological polar surface area (TPSA) is 111 Å². The molecule has 0 radical (unpaired) electrons. The molecule has 0 bridgehead atoms. The van der Waals surface area contributed by atoms with Gasteiger partial charge in [-0.2, -0.15) is 4.98 Å². The number of aryl methyl sites for hydroxylation is 1. The molecule has 1 N–H and O–H groups in total. The van der Waals surface area contributed by atoms with E-state index in [9.17, 15) is 14.9 Å². The average molecular weight is 401 g/mol. The van der Waals surface area contributed by atoms with Gasteiger partial charge in [-0.25, -0.2) is 0 Å². The Labute approximate surface area is 165 Å². The number of nitrogens with one attached hydrogen (secondary N) is 1. The zero-order valence-corrected chi connectivity index (χ0v) is 16.1. The average Bonchev–Trinajstić information content (AvgIpc) is 3.13. The number of nitro groups is 1. The lowest BCUT2D eigenvalue weighted by Gasteiger charge is -2.12. The molecule has 28 heavy (non-hydrogen) atoms. The SMILES string of the molecule is Cc1cccc(-c2nc(C(C)C)no2)c1NC(=O)c1ccc([N+](=O)[O-])cc1Cl. The number of halogens is 1. The van der Waals surface area contributed by atoms with Gasteiger partial charge < -0.3 is 9.84 Å². The van der Waals surface area contributed by atoms with Crippen LogP contribution in [0.1, 0.15) is 41.5 Å². The maximum Gasteiger partial charge on any atom is 0.270 e. The molecule has 0 fully saturated rings. The van der Waals surface area contributed by atoms with Crippen molar-refractivity contribution < 1.29 is 14.2 Å². The van der Waals surface area contributed by atoms with Crippen molar-refractivity contribution in [2.24, 2.45) is 0 Å². The van der Waals surface area contributed by atoms with Crippen molar-refractivity contribution >= 4 is 28.9 Å². The molecule has 8 nitrogen and oxygen atoms in total. The second-order valence-corrected chi connectivity index (χ2v) is 6.89. The number of amides is 1. The molecule has 9 heteroatoms. The van der Waals surface area contributed by atoms with Gasteiger partial charge in [0.2, 0.25) is 0 Å². The largest absolute Gasteiger partial charge is 0.334 e. The van der Waals surface area contributed by atoms with Gasteiger partial charge in [0, 0.05) is 18.1 Å². The number of para-hydroxylation sites is 1. The monoisotopic (exact) mass is 400 g/mol. The van der Waals surface area contributed by atoms with E-state index in [1.807, 2.05) is 32.9 Å². The lowest BCUT2D eigenvalue weighted by atomic mass is 10.1. The third-order valence-electron chi connectivity index (χ3n) is 4.11. The summed E-state index contributed by atoms with van der Waals surface area (Å²) in [5.41, 5.74) is 1.79. The lowest BCUT2D eigenvalue weighted by Crippen LogP contribution is -2.14. The van der Waals surface area contributed by atoms with Crippen LogP contribution in [-0.2, 0) is 0 Å². The van der Waals surface area contributed by atoms with E-state index in [1.165, 1.54) is 12.1 Å². The van der Waals surface area contributed by atoms with E-state index in [1.54, 1.807) is 6.07 Å². The number of anilines is 1. The Hall–Kier alpha value is -3.26. The molecule has 144 valence electrons. The molecule has 2 aromatic carbocycles. The van der Waals surface area contributed by atoms with E-state index in [-0.39, 0.29) is 28.1 Å². The van der Waals surface area contributed by atoms with Crippen molar-refractivity contribution in [2.75, 3.05) is 5.32 Å². The quantitative estimate of drug-likeness (QED) is 0.477. The molecule has 3 aromatic rings. The molecule has 0 unspecified atom stereocenters. The number of nitro benzene ring substituents is 1. The first-order chi connectivity index (χ1) is 13.3. The highest BCUT2D eigenvalue weighted by molar-refractivity contribution is 6.34. The molecular weight excluding hydrogens is 384 g/mol. The van der Waals surface area contributed by atoms with Gasteiger partial charge >= 0.3 is 0 Å². The molecule has 3 rings (SSSR count). The second-order valence-electron chi connectivity index (χ2n) is 6.49. The maximum atomic E-state index is 12.7.